The summed E-state index contributed by atoms with van der Waals surface area (Å²) in [6.45, 7) is 0. The second-order valence-electron chi connectivity index (χ2n) is 8.34. The molecule has 4 aromatic rings. The molecule has 0 atom stereocenters. The SMILES string of the molecule is N#Cc1c(Oc2cccc(NC(=O)c3cccc(OC(F)(F)F)c3)c2)ccc2nc(NC(=O)C3CC3)sc12. The van der Waals surface area contributed by atoms with E-state index in [9.17, 15) is 28.0 Å². The Kier molecular flexibility index (Phi) is 6.61. The van der Waals surface area contributed by atoms with Crippen LogP contribution < -0.4 is 20.1 Å². The molecule has 1 aromatic heterocycles. The Balaban J connectivity index is 1.32. The molecule has 2 amide bonds. The number of hydrogen-bond acceptors (Lipinski definition) is 7. The Hall–Kier alpha value is -4.63. The van der Waals surface area contributed by atoms with Crippen molar-refractivity contribution >= 4 is 44.2 Å². The van der Waals surface area contributed by atoms with E-state index >= 15 is 0 Å². The topological polar surface area (TPSA) is 113 Å². The van der Waals surface area contributed by atoms with Gasteiger partial charge in [0.25, 0.3) is 5.91 Å². The number of amides is 2. The molecule has 1 heterocycles. The van der Waals surface area contributed by atoms with Crippen LogP contribution in [-0.4, -0.2) is 23.2 Å². The van der Waals surface area contributed by atoms with Gasteiger partial charge in [0.15, 0.2) is 5.13 Å². The van der Waals surface area contributed by atoms with Gasteiger partial charge in [-0.15, -0.1) is 13.2 Å². The number of nitrogens with one attached hydrogen (secondary N) is 2. The quantitative estimate of drug-likeness (QED) is 0.279. The number of halogens is 3. The zero-order valence-electron chi connectivity index (χ0n) is 19.3. The molecular formula is C26H17F3N4O4S. The summed E-state index contributed by atoms with van der Waals surface area (Å²) in [6, 6.07) is 16.4. The van der Waals surface area contributed by atoms with Crippen LogP contribution in [0, 0.1) is 17.2 Å². The van der Waals surface area contributed by atoms with Crippen LogP contribution in [0.2, 0.25) is 0 Å². The van der Waals surface area contributed by atoms with Gasteiger partial charge in [0.05, 0.1) is 10.2 Å². The fourth-order valence-corrected chi connectivity index (χ4v) is 4.53. The van der Waals surface area contributed by atoms with Gasteiger partial charge in [0.2, 0.25) is 5.91 Å². The lowest BCUT2D eigenvalue weighted by Crippen LogP contribution is -2.18. The molecule has 38 heavy (non-hydrogen) atoms. The van der Waals surface area contributed by atoms with Gasteiger partial charge < -0.3 is 20.1 Å². The number of rotatable bonds is 7. The first kappa shape index (κ1) is 25.0. The van der Waals surface area contributed by atoms with E-state index in [1.165, 1.54) is 29.5 Å². The van der Waals surface area contributed by atoms with Gasteiger partial charge in [0.1, 0.15) is 28.9 Å². The van der Waals surface area contributed by atoms with Gasteiger partial charge >= 0.3 is 6.36 Å². The maximum absolute atomic E-state index is 12.6. The minimum atomic E-state index is -4.88. The number of carbonyl (C=O) groups is 2. The minimum Gasteiger partial charge on any atom is -0.456 e. The maximum Gasteiger partial charge on any atom is 0.573 e. The standard InChI is InChI=1S/C26H17F3N4O4S/c27-26(28,29)37-18-6-1-3-15(11-18)24(35)31-16-4-2-5-17(12-16)36-21-10-9-20-22(19(21)13-30)38-25(32-20)33-23(34)14-7-8-14/h1-6,9-12,14H,7-8H2,(H,31,35)(H,32,33,34). The summed E-state index contributed by atoms with van der Waals surface area (Å²) in [6.07, 6.45) is -3.16. The molecule has 0 bridgehead atoms. The van der Waals surface area contributed by atoms with Crippen LogP contribution in [0.4, 0.5) is 24.0 Å². The first-order chi connectivity index (χ1) is 18.2. The fourth-order valence-electron chi connectivity index (χ4n) is 3.57. The maximum atomic E-state index is 12.6. The highest BCUT2D eigenvalue weighted by molar-refractivity contribution is 7.22. The highest BCUT2D eigenvalue weighted by Crippen LogP contribution is 2.37. The fraction of sp³-hybridized carbons (Fsp3) is 0.154. The van der Waals surface area contributed by atoms with E-state index in [1.54, 1.807) is 30.3 Å². The highest BCUT2D eigenvalue weighted by Gasteiger charge is 2.31. The third kappa shape index (κ3) is 5.84. The van der Waals surface area contributed by atoms with E-state index in [0.717, 1.165) is 25.0 Å². The molecule has 1 aliphatic rings. The number of alkyl halides is 3. The van der Waals surface area contributed by atoms with E-state index in [-0.39, 0.29) is 28.7 Å². The van der Waals surface area contributed by atoms with Crippen molar-refractivity contribution in [1.29, 1.82) is 5.26 Å². The summed E-state index contributed by atoms with van der Waals surface area (Å²) in [5.74, 6) is -0.679. The van der Waals surface area contributed by atoms with Crippen molar-refractivity contribution in [3.05, 3.63) is 71.8 Å². The summed E-state index contributed by atoms with van der Waals surface area (Å²) in [5, 5.41) is 15.6. The molecule has 12 heteroatoms. The van der Waals surface area contributed by atoms with Crippen molar-refractivity contribution in [2.24, 2.45) is 5.92 Å². The summed E-state index contributed by atoms with van der Waals surface area (Å²) in [7, 11) is 0. The molecule has 0 unspecified atom stereocenters. The molecule has 0 spiro atoms. The average Bonchev–Trinajstić information content (AvgIpc) is 3.64. The van der Waals surface area contributed by atoms with Crippen molar-refractivity contribution in [1.82, 2.24) is 4.98 Å². The zero-order valence-corrected chi connectivity index (χ0v) is 20.2. The number of carbonyl (C=O) groups excluding carboxylic acids is 2. The van der Waals surface area contributed by atoms with E-state index in [4.69, 9.17) is 4.74 Å². The number of aromatic nitrogens is 1. The first-order valence-corrected chi connectivity index (χ1v) is 12.1. The number of hydrogen-bond donors (Lipinski definition) is 2. The van der Waals surface area contributed by atoms with Crippen LogP contribution in [0.5, 0.6) is 17.2 Å². The number of fused-ring (bicyclic) bond motifs is 1. The van der Waals surface area contributed by atoms with Gasteiger partial charge in [-0.2, -0.15) is 5.26 Å². The van der Waals surface area contributed by atoms with Crippen LogP contribution in [0.3, 0.4) is 0 Å². The second kappa shape index (κ2) is 10.0. The van der Waals surface area contributed by atoms with Crippen LogP contribution in [0.15, 0.2) is 60.7 Å². The molecule has 0 aliphatic heterocycles. The predicted octanol–water partition coefficient (Wildman–Crippen LogP) is 6.46. The largest absolute Gasteiger partial charge is 0.573 e. The number of benzene rings is 3. The monoisotopic (exact) mass is 538 g/mol. The predicted molar refractivity (Wildman–Crippen MR) is 133 cm³/mol. The summed E-state index contributed by atoms with van der Waals surface area (Å²) < 4.78 is 47.8. The summed E-state index contributed by atoms with van der Waals surface area (Å²) in [4.78, 5) is 29.1. The second-order valence-corrected chi connectivity index (χ2v) is 9.34. The molecule has 192 valence electrons. The Morgan fingerprint density at radius 3 is 2.53 bits per heavy atom. The van der Waals surface area contributed by atoms with Gasteiger partial charge in [-0.3, -0.25) is 9.59 Å². The molecule has 1 fully saturated rings. The number of nitriles is 1. The Bertz CT molecular complexity index is 1590. The zero-order chi connectivity index (χ0) is 26.9. The lowest BCUT2D eigenvalue weighted by Gasteiger charge is -2.11. The lowest BCUT2D eigenvalue weighted by atomic mass is 10.2. The summed E-state index contributed by atoms with van der Waals surface area (Å²) in [5.41, 5.74) is 1.06. The van der Waals surface area contributed by atoms with Crippen molar-refractivity contribution in [2.75, 3.05) is 10.6 Å². The van der Waals surface area contributed by atoms with Gasteiger partial charge in [-0.05, 0) is 55.3 Å². The molecule has 0 saturated heterocycles. The average molecular weight is 539 g/mol. The first-order valence-electron chi connectivity index (χ1n) is 11.3. The number of anilines is 2. The smallest absolute Gasteiger partial charge is 0.456 e. The van der Waals surface area contributed by atoms with Gasteiger partial charge in [-0.1, -0.05) is 23.5 Å². The van der Waals surface area contributed by atoms with Crippen molar-refractivity contribution in [2.45, 2.75) is 19.2 Å². The van der Waals surface area contributed by atoms with E-state index in [2.05, 4.69) is 26.4 Å². The normalized spacial score (nSPS) is 13.0. The van der Waals surface area contributed by atoms with Crippen LogP contribution >= 0.6 is 11.3 Å². The number of ether oxygens (including phenoxy) is 2. The Labute approximate surface area is 217 Å². The molecule has 3 aromatic carbocycles. The Morgan fingerprint density at radius 1 is 1.03 bits per heavy atom. The molecule has 1 saturated carbocycles. The van der Waals surface area contributed by atoms with Gasteiger partial charge in [-0.25, -0.2) is 4.98 Å². The van der Waals surface area contributed by atoms with Crippen LogP contribution in [-0.2, 0) is 4.79 Å². The van der Waals surface area contributed by atoms with Crippen molar-refractivity contribution in [3.8, 4) is 23.3 Å². The Morgan fingerprint density at radius 2 is 1.79 bits per heavy atom. The third-order valence-corrected chi connectivity index (χ3v) is 6.46. The molecule has 5 rings (SSSR count). The summed E-state index contributed by atoms with van der Waals surface area (Å²) >= 11 is 1.18. The number of nitrogens with zero attached hydrogens (tertiary/aromatic N) is 2. The van der Waals surface area contributed by atoms with Crippen LogP contribution in [0.25, 0.3) is 10.2 Å². The van der Waals surface area contributed by atoms with Crippen molar-refractivity contribution < 1.29 is 32.2 Å². The van der Waals surface area contributed by atoms with E-state index in [0.29, 0.717) is 26.8 Å². The van der Waals surface area contributed by atoms with E-state index < -0.39 is 18.0 Å². The van der Waals surface area contributed by atoms with Gasteiger partial charge in [0, 0.05) is 23.2 Å². The highest BCUT2D eigenvalue weighted by atomic mass is 32.1. The molecular weight excluding hydrogens is 521 g/mol. The minimum absolute atomic E-state index is 0.0151. The molecule has 0 radical (unpaired) electrons. The van der Waals surface area contributed by atoms with Crippen molar-refractivity contribution in [3.63, 3.8) is 0 Å². The number of thiazole rings is 1. The van der Waals surface area contributed by atoms with Crippen LogP contribution in [0.1, 0.15) is 28.8 Å². The molecule has 8 nitrogen and oxygen atoms in total. The molecule has 1 aliphatic carbocycles. The molecule has 2 N–H and O–H groups in total. The van der Waals surface area contributed by atoms with E-state index in [1.807, 2.05) is 0 Å². The lowest BCUT2D eigenvalue weighted by molar-refractivity contribution is -0.274. The third-order valence-electron chi connectivity index (χ3n) is 5.46.